The third-order valence-electron chi connectivity index (χ3n) is 7.62. The molecule has 5 aromatic carbocycles. The van der Waals surface area contributed by atoms with Gasteiger partial charge in [-0.2, -0.15) is 0 Å². The maximum absolute atomic E-state index is 5.24. The molecular weight excluding hydrogens is 515 g/mol. The molecule has 0 aliphatic carbocycles. The molecule has 0 unspecified atom stereocenters. The average molecular weight is 534 g/mol. The van der Waals surface area contributed by atoms with Gasteiger partial charge in [0.2, 0.25) is 5.95 Å². The number of thiophene rings is 2. The van der Waals surface area contributed by atoms with Crippen LogP contribution in [0.2, 0.25) is 0 Å². The van der Waals surface area contributed by atoms with E-state index >= 15 is 0 Å². The van der Waals surface area contributed by atoms with E-state index in [0.29, 0.717) is 5.95 Å². The summed E-state index contributed by atoms with van der Waals surface area (Å²) in [5, 5.41) is 6.15. The molecule has 9 rings (SSSR count). The lowest BCUT2D eigenvalue weighted by Crippen LogP contribution is -2.03. The SMILES string of the molecule is c1ccc(-c2nc(-n3c4ccccc4c4cc5sc6c7ccccc7sc6c5cc43)nc3ccccc23)cc1. The first kappa shape index (κ1) is 21.4. The lowest BCUT2D eigenvalue weighted by molar-refractivity contribution is 1.01. The molecule has 4 aromatic heterocycles. The lowest BCUT2D eigenvalue weighted by Gasteiger charge is -2.11. The average Bonchev–Trinajstić information content (AvgIpc) is 3.64. The van der Waals surface area contributed by atoms with Crippen LogP contribution in [0.25, 0.3) is 79.5 Å². The Hall–Kier alpha value is -4.58. The van der Waals surface area contributed by atoms with Crippen LogP contribution in [0.1, 0.15) is 0 Å². The molecule has 0 amide bonds. The fourth-order valence-corrected chi connectivity index (χ4v) is 8.53. The number of hydrogen-bond acceptors (Lipinski definition) is 4. The molecule has 5 heteroatoms. The van der Waals surface area contributed by atoms with Gasteiger partial charge in [0.05, 0.1) is 31.6 Å². The van der Waals surface area contributed by atoms with Crippen LogP contribution in [0.4, 0.5) is 0 Å². The van der Waals surface area contributed by atoms with Crippen molar-refractivity contribution < 1.29 is 0 Å². The molecule has 0 saturated carbocycles. The van der Waals surface area contributed by atoms with E-state index in [0.717, 1.165) is 33.2 Å². The van der Waals surface area contributed by atoms with E-state index in [1.807, 2.05) is 34.8 Å². The Kier molecular flexibility index (Phi) is 4.36. The van der Waals surface area contributed by atoms with Crippen LogP contribution in [-0.4, -0.2) is 14.5 Å². The highest BCUT2D eigenvalue weighted by Gasteiger charge is 2.20. The van der Waals surface area contributed by atoms with Gasteiger partial charge in [-0.3, -0.25) is 4.57 Å². The summed E-state index contributed by atoms with van der Waals surface area (Å²) in [6.45, 7) is 0. The van der Waals surface area contributed by atoms with Gasteiger partial charge >= 0.3 is 0 Å². The molecule has 0 aliphatic heterocycles. The van der Waals surface area contributed by atoms with Crippen molar-refractivity contribution >= 4 is 85.0 Å². The fourth-order valence-electron chi connectivity index (χ4n) is 5.86. The molecule has 0 saturated heterocycles. The van der Waals surface area contributed by atoms with E-state index in [1.165, 1.54) is 40.3 Å². The highest BCUT2D eigenvalue weighted by molar-refractivity contribution is 7.36. The Balaban J connectivity index is 1.42. The van der Waals surface area contributed by atoms with E-state index < -0.39 is 0 Å². The maximum Gasteiger partial charge on any atom is 0.235 e. The summed E-state index contributed by atoms with van der Waals surface area (Å²) in [6.07, 6.45) is 0. The third kappa shape index (κ3) is 3.03. The second-order valence-electron chi connectivity index (χ2n) is 9.83. The minimum Gasteiger partial charge on any atom is -0.278 e. The van der Waals surface area contributed by atoms with Crippen molar-refractivity contribution in [3.63, 3.8) is 0 Å². The zero-order chi connectivity index (χ0) is 25.5. The summed E-state index contributed by atoms with van der Waals surface area (Å²) in [4.78, 5) is 10.4. The van der Waals surface area contributed by atoms with E-state index in [1.54, 1.807) is 0 Å². The van der Waals surface area contributed by atoms with Crippen LogP contribution in [0.15, 0.2) is 115 Å². The number of para-hydroxylation sites is 2. The van der Waals surface area contributed by atoms with Gasteiger partial charge in [-0.05, 0) is 30.3 Å². The first-order valence-electron chi connectivity index (χ1n) is 12.9. The highest BCUT2D eigenvalue weighted by Crippen LogP contribution is 2.46. The largest absolute Gasteiger partial charge is 0.278 e. The molecule has 0 fully saturated rings. The Morgan fingerprint density at radius 3 is 2.08 bits per heavy atom. The number of aromatic nitrogens is 3. The molecule has 4 heterocycles. The quantitative estimate of drug-likeness (QED) is 0.221. The number of benzene rings is 5. The minimum atomic E-state index is 0.695. The number of rotatable bonds is 2. The molecule has 3 nitrogen and oxygen atoms in total. The summed E-state index contributed by atoms with van der Waals surface area (Å²) >= 11 is 3.78. The number of hydrogen-bond donors (Lipinski definition) is 0. The molecule has 0 atom stereocenters. The van der Waals surface area contributed by atoms with E-state index in [4.69, 9.17) is 9.97 Å². The number of nitrogens with zero attached hydrogens (tertiary/aromatic N) is 3. The van der Waals surface area contributed by atoms with Gasteiger partial charge in [0.15, 0.2) is 0 Å². The topological polar surface area (TPSA) is 30.7 Å². The van der Waals surface area contributed by atoms with Gasteiger partial charge in [-0.25, -0.2) is 9.97 Å². The van der Waals surface area contributed by atoms with Crippen LogP contribution in [-0.2, 0) is 0 Å². The summed E-state index contributed by atoms with van der Waals surface area (Å²) in [6, 6.07) is 40.8. The van der Waals surface area contributed by atoms with Crippen molar-refractivity contribution in [3.05, 3.63) is 115 Å². The van der Waals surface area contributed by atoms with E-state index in [-0.39, 0.29) is 0 Å². The fraction of sp³-hybridized carbons (Fsp3) is 0. The molecular formula is C34H19N3S2. The predicted molar refractivity (Wildman–Crippen MR) is 168 cm³/mol. The van der Waals surface area contributed by atoms with Gasteiger partial charge < -0.3 is 0 Å². The smallest absolute Gasteiger partial charge is 0.235 e. The molecule has 0 bridgehead atoms. The van der Waals surface area contributed by atoms with Crippen molar-refractivity contribution in [1.82, 2.24) is 14.5 Å². The Morgan fingerprint density at radius 1 is 0.487 bits per heavy atom. The van der Waals surface area contributed by atoms with Gasteiger partial charge in [-0.15, -0.1) is 22.7 Å². The third-order valence-corrected chi connectivity index (χ3v) is 10.1. The van der Waals surface area contributed by atoms with Crippen molar-refractivity contribution in [3.8, 4) is 17.2 Å². The molecule has 182 valence electrons. The molecule has 39 heavy (non-hydrogen) atoms. The van der Waals surface area contributed by atoms with Crippen LogP contribution in [0.3, 0.4) is 0 Å². The van der Waals surface area contributed by atoms with E-state index in [9.17, 15) is 0 Å². The van der Waals surface area contributed by atoms with Crippen LogP contribution >= 0.6 is 22.7 Å². The van der Waals surface area contributed by atoms with Crippen molar-refractivity contribution in [2.75, 3.05) is 0 Å². The molecule has 0 spiro atoms. The minimum absolute atomic E-state index is 0.695. The predicted octanol–water partition coefficient (Wildman–Crippen LogP) is 9.98. The molecule has 9 aromatic rings. The van der Waals surface area contributed by atoms with Crippen LogP contribution < -0.4 is 0 Å². The standard InChI is InChI=1S/C34H19N3S2/c1-2-10-20(11-3-1)31-22-13-4-7-15-26(22)35-34(36-31)37-27-16-8-5-12-21(27)24-19-30-25(18-28(24)37)33-32(39-30)23-14-6-9-17-29(23)38-33/h1-19H. The first-order valence-corrected chi connectivity index (χ1v) is 14.6. The maximum atomic E-state index is 5.24. The van der Waals surface area contributed by atoms with Crippen LogP contribution in [0, 0.1) is 0 Å². The van der Waals surface area contributed by atoms with Crippen molar-refractivity contribution in [1.29, 1.82) is 0 Å². The van der Waals surface area contributed by atoms with Crippen molar-refractivity contribution in [2.45, 2.75) is 0 Å². The van der Waals surface area contributed by atoms with Gasteiger partial charge in [0, 0.05) is 41.9 Å². The lowest BCUT2D eigenvalue weighted by atomic mass is 10.1. The molecule has 0 radical (unpaired) electrons. The first-order chi connectivity index (χ1) is 19.3. The highest BCUT2D eigenvalue weighted by atomic mass is 32.1. The molecule has 0 aliphatic rings. The van der Waals surface area contributed by atoms with Gasteiger partial charge in [-0.1, -0.05) is 84.9 Å². The Bertz CT molecular complexity index is 2390. The molecule has 0 N–H and O–H groups in total. The second kappa shape index (κ2) is 7.96. The summed E-state index contributed by atoms with van der Waals surface area (Å²) in [5.41, 5.74) is 5.23. The van der Waals surface area contributed by atoms with Gasteiger partial charge in [0.1, 0.15) is 0 Å². The monoisotopic (exact) mass is 533 g/mol. The van der Waals surface area contributed by atoms with E-state index in [2.05, 4.69) is 108 Å². The van der Waals surface area contributed by atoms with Crippen molar-refractivity contribution in [2.24, 2.45) is 0 Å². The normalized spacial score (nSPS) is 12.1. The number of fused-ring (bicyclic) bond motifs is 9. The Morgan fingerprint density at radius 2 is 1.18 bits per heavy atom. The van der Waals surface area contributed by atoms with Gasteiger partial charge in [0.25, 0.3) is 0 Å². The van der Waals surface area contributed by atoms with Crippen LogP contribution in [0.5, 0.6) is 0 Å². The zero-order valence-electron chi connectivity index (χ0n) is 20.6. The Labute approximate surface area is 231 Å². The summed E-state index contributed by atoms with van der Waals surface area (Å²) < 4.78 is 7.65. The second-order valence-corrected chi connectivity index (χ2v) is 11.9. The zero-order valence-corrected chi connectivity index (χ0v) is 22.3. The summed E-state index contributed by atoms with van der Waals surface area (Å²) in [5.74, 6) is 0.695. The summed E-state index contributed by atoms with van der Waals surface area (Å²) in [7, 11) is 0.